The zero-order valence-electron chi connectivity index (χ0n) is 17.7. The van der Waals surface area contributed by atoms with Crippen molar-refractivity contribution in [1.82, 2.24) is 20.6 Å². The third-order valence-electron chi connectivity index (χ3n) is 6.54. The number of piperidine rings is 2. The Morgan fingerprint density at radius 2 is 1.73 bits per heavy atom. The van der Waals surface area contributed by atoms with Crippen molar-refractivity contribution in [1.29, 1.82) is 5.26 Å². The quantitative estimate of drug-likeness (QED) is 0.673. The Labute approximate surface area is 175 Å². The molecule has 2 saturated heterocycles. The van der Waals surface area contributed by atoms with Crippen LogP contribution in [0.5, 0.6) is 0 Å². The number of nitrogens with one attached hydrogen (secondary N) is 2. The Morgan fingerprint density at radius 3 is 2.23 bits per heavy atom. The van der Waals surface area contributed by atoms with E-state index >= 15 is 0 Å². The van der Waals surface area contributed by atoms with Crippen LogP contribution in [0.25, 0.3) is 0 Å². The van der Waals surface area contributed by atoms with Gasteiger partial charge in [-0.3, -0.25) is 4.79 Å². The predicted octanol–water partition coefficient (Wildman–Crippen LogP) is 2.02. The van der Waals surface area contributed by atoms with Crippen LogP contribution in [0.4, 0.5) is 13.6 Å². The summed E-state index contributed by atoms with van der Waals surface area (Å²) in [6.07, 6.45) is 3.27. The lowest BCUT2D eigenvalue weighted by Crippen LogP contribution is -2.59. The number of hydroxylamine groups is 2. The summed E-state index contributed by atoms with van der Waals surface area (Å²) in [5.74, 6) is -3.97. The van der Waals surface area contributed by atoms with E-state index in [1.54, 1.807) is 0 Å². The monoisotopic (exact) mass is 427 g/mol. The number of hydrogen-bond acceptors (Lipinski definition) is 6. The van der Waals surface area contributed by atoms with E-state index in [0.29, 0.717) is 51.4 Å². The van der Waals surface area contributed by atoms with Crippen molar-refractivity contribution in [3.63, 3.8) is 0 Å². The molecule has 2 heterocycles. The Morgan fingerprint density at radius 1 is 1.13 bits per heavy atom. The van der Waals surface area contributed by atoms with Gasteiger partial charge in [-0.2, -0.15) is 5.26 Å². The number of amides is 2. The van der Waals surface area contributed by atoms with Gasteiger partial charge in [-0.05, 0) is 57.9 Å². The number of nitriles is 1. The smallest absolute Gasteiger partial charge is 0.351 e. The van der Waals surface area contributed by atoms with Crippen LogP contribution < -0.4 is 10.6 Å². The van der Waals surface area contributed by atoms with Crippen LogP contribution in [-0.2, 0) is 9.63 Å². The second kappa shape index (κ2) is 8.63. The lowest BCUT2D eigenvalue weighted by Gasteiger charge is -2.37. The Bertz CT molecular complexity index is 684. The average Bonchev–Trinajstić information content (AvgIpc) is 3.43. The van der Waals surface area contributed by atoms with Crippen LogP contribution in [0.2, 0.25) is 0 Å². The highest BCUT2D eigenvalue weighted by Gasteiger charge is 2.45. The molecule has 2 N–H and O–H groups in total. The minimum absolute atomic E-state index is 0.390. The van der Waals surface area contributed by atoms with Gasteiger partial charge in [-0.25, -0.2) is 13.6 Å². The number of carbonyl (C=O) groups excluding carboxylic acids is 2. The van der Waals surface area contributed by atoms with Crippen molar-refractivity contribution in [2.75, 3.05) is 33.2 Å². The molecule has 0 radical (unpaired) electrons. The molecule has 30 heavy (non-hydrogen) atoms. The summed E-state index contributed by atoms with van der Waals surface area (Å²) in [7, 11) is 1.91. The van der Waals surface area contributed by atoms with Gasteiger partial charge >= 0.3 is 6.09 Å². The molecule has 168 valence electrons. The zero-order valence-corrected chi connectivity index (χ0v) is 17.7. The number of alkyl halides is 2. The normalized spacial score (nSPS) is 24.5. The van der Waals surface area contributed by atoms with Gasteiger partial charge in [0.1, 0.15) is 11.6 Å². The molecule has 1 saturated carbocycles. The third kappa shape index (κ3) is 6.01. The van der Waals surface area contributed by atoms with Crippen molar-refractivity contribution in [2.24, 2.45) is 5.41 Å². The van der Waals surface area contributed by atoms with E-state index in [0.717, 1.165) is 12.8 Å². The molecule has 1 spiro atoms. The maximum atomic E-state index is 13.7. The molecule has 2 amide bonds. The van der Waals surface area contributed by atoms with Crippen LogP contribution >= 0.6 is 0 Å². The molecular weight excluding hydrogens is 396 g/mol. The summed E-state index contributed by atoms with van der Waals surface area (Å²) >= 11 is 0. The molecule has 3 aliphatic rings. The van der Waals surface area contributed by atoms with Crippen molar-refractivity contribution in [2.45, 2.75) is 69.4 Å². The number of carbonyl (C=O) groups is 2. The molecule has 0 aromatic carbocycles. The van der Waals surface area contributed by atoms with E-state index in [2.05, 4.69) is 16.7 Å². The van der Waals surface area contributed by atoms with Gasteiger partial charge in [-0.1, -0.05) is 0 Å². The summed E-state index contributed by atoms with van der Waals surface area (Å²) in [5.41, 5.74) is -0.718. The Hall–Kier alpha value is -1.99. The number of likely N-dealkylation sites (tertiary alicyclic amines) is 1. The third-order valence-corrected chi connectivity index (χ3v) is 6.54. The highest BCUT2D eigenvalue weighted by atomic mass is 19.3. The van der Waals surface area contributed by atoms with Crippen molar-refractivity contribution >= 4 is 12.0 Å². The molecule has 1 atom stereocenters. The van der Waals surface area contributed by atoms with Crippen LogP contribution in [0.1, 0.15) is 51.9 Å². The van der Waals surface area contributed by atoms with E-state index < -0.39 is 35.9 Å². The van der Waals surface area contributed by atoms with E-state index in [4.69, 9.17) is 4.84 Å². The van der Waals surface area contributed by atoms with Crippen LogP contribution in [0, 0.1) is 16.7 Å². The highest BCUT2D eigenvalue weighted by Crippen LogP contribution is 2.53. The molecule has 3 fully saturated rings. The van der Waals surface area contributed by atoms with Crippen LogP contribution in [-0.4, -0.2) is 72.7 Å². The van der Waals surface area contributed by atoms with Gasteiger partial charge in [0, 0.05) is 32.6 Å². The van der Waals surface area contributed by atoms with Gasteiger partial charge in [0.2, 0.25) is 11.8 Å². The fraction of sp³-hybridized carbons (Fsp3) is 0.850. The molecule has 10 heteroatoms. The van der Waals surface area contributed by atoms with Crippen LogP contribution in [0.3, 0.4) is 0 Å². The van der Waals surface area contributed by atoms with Crippen molar-refractivity contribution in [3.05, 3.63) is 0 Å². The fourth-order valence-corrected chi connectivity index (χ4v) is 4.17. The van der Waals surface area contributed by atoms with Crippen LogP contribution in [0.15, 0.2) is 0 Å². The summed E-state index contributed by atoms with van der Waals surface area (Å²) < 4.78 is 27.4. The molecule has 2 aliphatic heterocycles. The molecule has 3 rings (SSSR count). The maximum Gasteiger partial charge on any atom is 0.426 e. The molecule has 0 bridgehead atoms. The molecule has 8 nitrogen and oxygen atoms in total. The van der Waals surface area contributed by atoms with Gasteiger partial charge in [0.05, 0.1) is 6.07 Å². The number of rotatable bonds is 6. The number of halogens is 2. The second-order valence-corrected chi connectivity index (χ2v) is 9.27. The molecular formula is C20H31F2N5O3. The van der Waals surface area contributed by atoms with E-state index in [9.17, 15) is 23.6 Å². The Kier molecular flexibility index (Phi) is 6.53. The first-order chi connectivity index (χ1) is 14.0. The maximum absolute atomic E-state index is 13.7. The van der Waals surface area contributed by atoms with Gasteiger partial charge < -0.3 is 20.4 Å². The summed E-state index contributed by atoms with van der Waals surface area (Å²) in [6.45, 7) is 3.09. The fourth-order valence-electron chi connectivity index (χ4n) is 4.17. The molecule has 0 unspecified atom stereocenters. The molecule has 1 aliphatic carbocycles. The average molecular weight is 427 g/mol. The van der Waals surface area contributed by atoms with Gasteiger partial charge in [0.15, 0.2) is 0 Å². The summed E-state index contributed by atoms with van der Waals surface area (Å²) in [4.78, 5) is 32.3. The van der Waals surface area contributed by atoms with E-state index in [-0.39, 0.29) is 0 Å². The highest BCUT2D eigenvalue weighted by molar-refractivity contribution is 5.86. The molecule has 0 aromatic heterocycles. The lowest BCUT2D eigenvalue weighted by molar-refractivity contribution is -0.132. The first kappa shape index (κ1) is 22.7. The summed E-state index contributed by atoms with van der Waals surface area (Å²) in [6, 6.07) is 0.623. The van der Waals surface area contributed by atoms with E-state index in [1.807, 2.05) is 11.9 Å². The lowest BCUT2D eigenvalue weighted by atomic mass is 9.88. The zero-order chi connectivity index (χ0) is 22.0. The first-order valence-corrected chi connectivity index (χ1v) is 10.6. The van der Waals surface area contributed by atoms with Crippen molar-refractivity contribution < 1.29 is 23.2 Å². The molecule has 0 aromatic rings. The topological polar surface area (TPSA) is 97.7 Å². The minimum Gasteiger partial charge on any atom is -0.351 e. The van der Waals surface area contributed by atoms with Gasteiger partial charge in [-0.15, -0.1) is 5.06 Å². The first-order valence-electron chi connectivity index (χ1n) is 10.6. The van der Waals surface area contributed by atoms with E-state index in [1.165, 1.54) is 17.9 Å². The van der Waals surface area contributed by atoms with Gasteiger partial charge in [0.25, 0.3) is 0 Å². The predicted molar refractivity (Wildman–Crippen MR) is 104 cm³/mol. The number of hydrogen-bond donors (Lipinski definition) is 2. The second-order valence-electron chi connectivity index (χ2n) is 9.27. The number of nitrogens with zero attached hydrogens (tertiary/aromatic N) is 3. The summed E-state index contributed by atoms with van der Waals surface area (Å²) in [5, 5.41) is 16.0. The van der Waals surface area contributed by atoms with Crippen molar-refractivity contribution in [3.8, 4) is 6.07 Å². The Balaban J connectivity index is 1.58. The standard InChI is InChI=1S/C20H31F2N5O3/c1-18(21,22)13-15(16(28)25-20(14-23)7-9-26(2)10-8-20)24-17(29)30-27-11-5-19(3-4-19)6-12-27/h15H,3-13H2,1-2H3,(H,24,29)(H,25,28)/t15-/m0/s1. The SMILES string of the molecule is CN1CCC(C#N)(NC(=O)[C@H](CC(C)(F)F)NC(=O)ON2CCC3(CC2)CC3)CC1. The largest absolute Gasteiger partial charge is 0.426 e. The minimum atomic E-state index is -3.18.